The van der Waals surface area contributed by atoms with Crippen LogP contribution in [0.4, 0.5) is 0 Å². The Bertz CT molecular complexity index is 254. The summed E-state index contributed by atoms with van der Waals surface area (Å²) in [4.78, 5) is 0. The van der Waals surface area contributed by atoms with Gasteiger partial charge in [0.1, 0.15) is 0 Å². The second kappa shape index (κ2) is 27.1. The van der Waals surface area contributed by atoms with Crippen molar-refractivity contribution in [1.82, 2.24) is 0 Å². The molecule has 1 aliphatic carbocycles. The van der Waals surface area contributed by atoms with Gasteiger partial charge in [0.15, 0.2) is 0 Å². The van der Waals surface area contributed by atoms with Crippen LogP contribution in [0.3, 0.4) is 0 Å². The van der Waals surface area contributed by atoms with Crippen LogP contribution in [-0.2, 0) is 18.9 Å². The third-order valence-corrected chi connectivity index (χ3v) is 5.11. The molecule has 1 aliphatic rings. The summed E-state index contributed by atoms with van der Waals surface area (Å²) in [5.74, 6) is 3.16. The molecule has 0 N–H and O–H groups in total. The molecule has 6 heteroatoms. The molecule has 0 radical (unpaired) electrons. The SMILES string of the molecule is CCCCCCCCCCCCC1CC1CCC(C)C.[I][V][I].[I][V][I]. The van der Waals surface area contributed by atoms with Crippen molar-refractivity contribution in [3.63, 3.8) is 0 Å². The van der Waals surface area contributed by atoms with Crippen molar-refractivity contribution in [2.75, 3.05) is 0 Å². The third kappa shape index (κ3) is 28.1. The molecule has 0 nitrogen and oxygen atoms in total. The Morgan fingerprint density at radius 3 is 1.50 bits per heavy atom. The number of rotatable bonds is 14. The summed E-state index contributed by atoms with van der Waals surface area (Å²) < 4.78 is 0. The summed E-state index contributed by atoms with van der Waals surface area (Å²) >= 11 is 9.48. The van der Waals surface area contributed by atoms with Gasteiger partial charge in [0.05, 0.1) is 0 Å². The predicted molar refractivity (Wildman–Crippen MR) is 148 cm³/mol. The maximum atomic E-state index is 2.37. The molecule has 0 amide bonds. The Kier molecular flexibility index (Phi) is 33.7. The van der Waals surface area contributed by atoms with Crippen molar-refractivity contribution >= 4 is 79.9 Å². The normalized spacial score (nSPS) is 17.7. The van der Waals surface area contributed by atoms with Crippen molar-refractivity contribution < 1.29 is 18.9 Å². The first-order chi connectivity index (χ1) is 12.6. The summed E-state index contributed by atoms with van der Waals surface area (Å²) in [6, 6.07) is 0. The molecule has 1 rings (SSSR count). The molecule has 0 aromatic rings. The van der Waals surface area contributed by atoms with E-state index in [9.17, 15) is 0 Å². The summed E-state index contributed by atoms with van der Waals surface area (Å²) in [6.45, 7) is 7.02. The summed E-state index contributed by atoms with van der Waals surface area (Å²) in [5.41, 5.74) is 0. The van der Waals surface area contributed by atoms with E-state index >= 15 is 0 Å². The Morgan fingerprint density at radius 2 is 1.08 bits per heavy atom. The van der Waals surface area contributed by atoms with E-state index in [4.69, 9.17) is 0 Å². The Labute approximate surface area is 223 Å². The zero-order valence-electron chi connectivity index (χ0n) is 17.0. The fourth-order valence-corrected chi connectivity index (χ4v) is 3.46. The molecule has 0 heterocycles. The third-order valence-electron chi connectivity index (χ3n) is 5.11. The van der Waals surface area contributed by atoms with Crippen LogP contribution in [0.2, 0.25) is 0 Å². The van der Waals surface area contributed by atoms with Gasteiger partial charge < -0.3 is 0 Å². The van der Waals surface area contributed by atoms with Crippen molar-refractivity contribution in [2.45, 2.75) is 111 Å². The second-order valence-electron chi connectivity index (χ2n) is 7.83. The van der Waals surface area contributed by atoms with Gasteiger partial charge in [-0.1, -0.05) is 97.8 Å². The standard InChI is InChI=1S/C20H40.4HI.2V/c1-4-5-6-7-8-9-10-11-12-13-14-19-17-20(19)16-15-18(2)3;;;;;;/h18-20H,4-17H2,1-3H3;4*1H;;/q;;;;;2*+2/p-4. The molecule has 2 atom stereocenters. The summed E-state index contributed by atoms with van der Waals surface area (Å²) in [6.07, 6.45) is 20.8. The van der Waals surface area contributed by atoms with Crippen molar-refractivity contribution in [2.24, 2.45) is 17.8 Å². The fraction of sp³-hybridized carbons (Fsp3) is 1.00. The molecule has 0 saturated heterocycles. The predicted octanol–water partition coefficient (Wildman–Crippen LogP) is 10.9. The van der Waals surface area contributed by atoms with Gasteiger partial charge in [-0.3, -0.25) is 0 Å². The molecule has 158 valence electrons. The van der Waals surface area contributed by atoms with Crippen molar-refractivity contribution in [3.8, 4) is 0 Å². The van der Waals surface area contributed by atoms with Crippen LogP contribution >= 0.6 is 79.9 Å². The van der Waals surface area contributed by atoms with Gasteiger partial charge in [-0.2, -0.15) is 0 Å². The fourth-order valence-electron chi connectivity index (χ4n) is 3.46. The van der Waals surface area contributed by atoms with Crippen LogP contribution in [0.15, 0.2) is 0 Å². The average molecular weight is 890 g/mol. The molecule has 0 aromatic heterocycles. The van der Waals surface area contributed by atoms with E-state index in [1.54, 1.807) is 12.8 Å². The minimum atomic E-state index is 0.628. The molecule has 0 spiro atoms. The molecule has 26 heavy (non-hydrogen) atoms. The van der Waals surface area contributed by atoms with Crippen molar-refractivity contribution in [3.05, 3.63) is 0 Å². The maximum absolute atomic E-state index is 2.37. The first-order valence-corrected chi connectivity index (χ1v) is 28.4. The van der Waals surface area contributed by atoms with Crippen LogP contribution in [0.25, 0.3) is 0 Å². The minimum absolute atomic E-state index is 0.628. The Morgan fingerprint density at radius 1 is 0.692 bits per heavy atom. The van der Waals surface area contributed by atoms with Gasteiger partial charge in [-0.25, -0.2) is 0 Å². The van der Waals surface area contributed by atoms with E-state index in [1.807, 2.05) is 0 Å². The number of hydrogen-bond donors (Lipinski definition) is 0. The molecule has 0 bridgehead atoms. The summed E-state index contributed by atoms with van der Waals surface area (Å²) in [7, 11) is 1.25. The zero-order valence-corrected chi connectivity index (χ0v) is 28.5. The number of unbranched alkanes of at least 4 members (excludes halogenated alkanes) is 9. The Hall–Kier alpha value is 4.09. The quantitative estimate of drug-likeness (QED) is 0.120. The van der Waals surface area contributed by atoms with Gasteiger partial charge in [-0.15, -0.1) is 0 Å². The molecule has 1 fully saturated rings. The first-order valence-electron chi connectivity index (χ1n) is 10.4. The van der Waals surface area contributed by atoms with E-state index in [-0.39, 0.29) is 0 Å². The van der Waals surface area contributed by atoms with Gasteiger partial charge in [-0.05, 0) is 30.6 Å². The number of hydrogen-bond acceptors (Lipinski definition) is 0. The van der Waals surface area contributed by atoms with E-state index in [1.165, 1.54) is 77.0 Å². The topological polar surface area (TPSA) is 0 Å². The molecular weight excluding hydrogens is 850 g/mol. The van der Waals surface area contributed by atoms with E-state index in [2.05, 4.69) is 101 Å². The average Bonchev–Trinajstić information content (AvgIpc) is 3.34. The number of halogens is 4. The van der Waals surface area contributed by atoms with Crippen LogP contribution in [0.1, 0.15) is 111 Å². The summed E-state index contributed by atoms with van der Waals surface area (Å²) in [5, 5.41) is 0. The van der Waals surface area contributed by atoms with Crippen LogP contribution in [-0.4, -0.2) is 0 Å². The molecule has 2 unspecified atom stereocenters. The van der Waals surface area contributed by atoms with Crippen LogP contribution in [0, 0.1) is 17.8 Å². The molecule has 0 aromatic carbocycles. The van der Waals surface area contributed by atoms with Gasteiger partial charge >= 0.3 is 98.8 Å². The van der Waals surface area contributed by atoms with Gasteiger partial charge in [0.2, 0.25) is 0 Å². The first kappa shape index (κ1) is 32.3. The van der Waals surface area contributed by atoms with E-state index in [0.717, 1.165) is 17.8 Å². The molecular formula is C20H40I4V2. The van der Waals surface area contributed by atoms with E-state index in [0.29, 0.717) is 18.9 Å². The molecule has 0 aliphatic heterocycles. The Balaban J connectivity index is 0. The van der Waals surface area contributed by atoms with Gasteiger partial charge in [0, 0.05) is 0 Å². The van der Waals surface area contributed by atoms with Gasteiger partial charge in [0.25, 0.3) is 0 Å². The van der Waals surface area contributed by atoms with Crippen molar-refractivity contribution in [1.29, 1.82) is 0 Å². The monoisotopic (exact) mass is 890 g/mol. The van der Waals surface area contributed by atoms with Crippen LogP contribution in [0.5, 0.6) is 0 Å². The van der Waals surface area contributed by atoms with Crippen LogP contribution < -0.4 is 0 Å². The second-order valence-corrected chi connectivity index (χ2v) is 31.4. The molecule has 1 saturated carbocycles. The van der Waals surface area contributed by atoms with E-state index < -0.39 is 0 Å². The zero-order chi connectivity index (χ0) is 20.0.